The van der Waals surface area contributed by atoms with Crippen LogP contribution in [0.25, 0.3) is 0 Å². The molecule has 2 atom stereocenters. The first kappa shape index (κ1) is 10.1. The van der Waals surface area contributed by atoms with Crippen molar-refractivity contribution in [3.05, 3.63) is 21.4 Å². The zero-order valence-electron chi connectivity index (χ0n) is 8.19. The van der Waals surface area contributed by atoms with Crippen LogP contribution >= 0.6 is 11.3 Å². The van der Waals surface area contributed by atoms with Gasteiger partial charge in [-0.05, 0) is 18.6 Å². The fraction of sp³-hybridized carbons (Fsp3) is 0.600. The lowest BCUT2D eigenvalue weighted by molar-refractivity contribution is 0.112. The second-order valence-electron chi connectivity index (χ2n) is 3.70. The average Bonchev–Trinajstić information content (AvgIpc) is 2.59. The molecule has 1 aromatic heterocycles. The molecule has 2 heterocycles. The smallest absolute Gasteiger partial charge is 0.103 e. The third kappa shape index (κ3) is 1.83. The summed E-state index contributed by atoms with van der Waals surface area (Å²) in [6, 6.07) is 1.81. The Morgan fingerprint density at radius 1 is 1.64 bits per heavy atom. The van der Waals surface area contributed by atoms with Gasteiger partial charge < -0.3 is 15.6 Å². The second kappa shape index (κ2) is 3.98. The van der Waals surface area contributed by atoms with Crippen LogP contribution in [0.2, 0.25) is 0 Å². The lowest BCUT2D eigenvalue weighted by atomic mass is 10.1. The van der Waals surface area contributed by atoms with Gasteiger partial charge in [-0.2, -0.15) is 0 Å². The van der Waals surface area contributed by atoms with Gasteiger partial charge in [0.05, 0.1) is 13.2 Å². The zero-order valence-corrected chi connectivity index (χ0v) is 9.01. The minimum atomic E-state index is -0.536. The van der Waals surface area contributed by atoms with E-state index in [1.807, 2.05) is 13.0 Å². The molecule has 0 saturated carbocycles. The van der Waals surface area contributed by atoms with Crippen molar-refractivity contribution in [2.75, 3.05) is 6.61 Å². The van der Waals surface area contributed by atoms with Gasteiger partial charge in [-0.25, -0.2) is 0 Å². The van der Waals surface area contributed by atoms with Crippen molar-refractivity contribution < 1.29 is 9.84 Å². The summed E-state index contributed by atoms with van der Waals surface area (Å²) in [6.07, 6.45) is 0.427. The van der Waals surface area contributed by atoms with Gasteiger partial charge in [-0.15, -0.1) is 11.3 Å². The predicted molar refractivity (Wildman–Crippen MR) is 56.3 cm³/mol. The van der Waals surface area contributed by atoms with E-state index in [2.05, 4.69) is 0 Å². The molecule has 0 amide bonds. The SMILES string of the molecule is CC(N)C(O)c1cc2c(s1)CCOC2. The van der Waals surface area contributed by atoms with Gasteiger partial charge >= 0.3 is 0 Å². The second-order valence-corrected chi connectivity index (χ2v) is 4.87. The first-order valence-corrected chi connectivity index (χ1v) is 5.63. The van der Waals surface area contributed by atoms with Crippen LogP contribution in [0.5, 0.6) is 0 Å². The Bertz CT molecular complexity index is 298. The minimum Gasteiger partial charge on any atom is -0.386 e. The van der Waals surface area contributed by atoms with Gasteiger partial charge in [0.2, 0.25) is 0 Å². The van der Waals surface area contributed by atoms with Crippen molar-refractivity contribution in [2.45, 2.75) is 32.1 Å². The molecule has 1 aliphatic rings. The molecule has 0 saturated heterocycles. The van der Waals surface area contributed by atoms with E-state index in [0.717, 1.165) is 17.9 Å². The number of ether oxygens (including phenoxy) is 1. The number of fused-ring (bicyclic) bond motifs is 1. The summed E-state index contributed by atoms with van der Waals surface area (Å²) in [4.78, 5) is 2.31. The molecule has 0 fully saturated rings. The van der Waals surface area contributed by atoms with Gasteiger partial charge in [0.1, 0.15) is 6.10 Å². The third-order valence-corrected chi connectivity index (χ3v) is 3.74. The summed E-state index contributed by atoms with van der Waals surface area (Å²) in [5.74, 6) is 0. The molecule has 14 heavy (non-hydrogen) atoms. The number of rotatable bonds is 2. The molecule has 3 N–H and O–H groups in total. The highest BCUT2D eigenvalue weighted by atomic mass is 32.1. The summed E-state index contributed by atoms with van der Waals surface area (Å²) in [5.41, 5.74) is 6.87. The number of aliphatic hydroxyl groups is 1. The van der Waals surface area contributed by atoms with Crippen molar-refractivity contribution in [3.63, 3.8) is 0 Å². The van der Waals surface area contributed by atoms with Crippen molar-refractivity contribution in [1.29, 1.82) is 0 Å². The third-order valence-electron chi connectivity index (χ3n) is 2.44. The monoisotopic (exact) mass is 213 g/mol. The maximum absolute atomic E-state index is 9.79. The first-order chi connectivity index (χ1) is 6.68. The summed E-state index contributed by atoms with van der Waals surface area (Å²) in [5, 5.41) is 9.79. The van der Waals surface area contributed by atoms with E-state index in [4.69, 9.17) is 10.5 Å². The zero-order chi connectivity index (χ0) is 10.1. The highest BCUT2D eigenvalue weighted by molar-refractivity contribution is 7.12. The lowest BCUT2D eigenvalue weighted by Gasteiger charge is -2.11. The average molecular weight is 213 g/mol. The minimum absolute atomic E-state index is 0.212. The number of thiophene rings is 1. The molecular formula is C10H15NO2S. The summed E-state index contributed by atoms with van der Waals surface area (Å²) in [7, 11) is 0. The van der Waals surface area contributed by atoms with Crippen molar-refractivity contribution in [2.24, 2.45) is 5.73 Å². The van der Waals surface area contributed by atoms with Crippen LogP contribution in [0.15, 0.2) is 6.07 Å². The summed E-state index contributed by atoms with van der Waals surface area (Å²) in [6.45, 7) is 3.29. The fourth-order valence-electron chi connectivity index (χ4n) is 1.58. The molecule has 1 aliphatic heterocycles. The summed E-state index contributed by atoms with van der Waals surface area (Å²) < 4.78 is 5.34. The van der Waals surface area contributed by atoms with Gasteiger partial charge in [-0.1, -0.05) is 0 Å². The molecule has 0 aromatic carbocycles. The molecule has 4 heteroatoms. The van der Waals surface area contributed by atoms with Crippen LogP contribution in [0, 0.1) is 0 Å². The molecular weight excluding hydrogens is 198 g/mol. The number of hydrogen-bond donors (Lipinski definition) is 2. The Morgan fingerprint density at radius 3 is 3.07 bits per heavy atom. The molecule has 2 unspecified atom stereocenters. The first-order valence-electron chi connectivity index (χ1n) is 4.81. The van der Waals surface area contributed by atoms with Crippen LogP contribution in [0.1, 0.15) is 28.3 Å². The topological polar surface area (TPSA) is 55.5 Å². The van der Waals surface area contributed by atoms with Crippen LogP contribution in [-0.2, 0) is 17.8 Å². The Hall–Kier alpha value is -0.420. The standard InChI is InChI=1S/C10H15NO2S/c1-6(11)10(12)9-4-7-5-13-3-2-8(7)14-9/h4,6,10,12H,2-3,5,11H2,1H3. The van der Waals surface area contributed by atoms with Crippen LogP contribution in [-0.4, -0.2) is 17.8 Å². The molecule has 3 nitrogen and oxygen atoms in total. The predicted octanol–water partition coefficient (Wildman–Crippen LogP) is 1.20. The molecule has 78 valence electrons. The maximum atomic E-state index is 9.79. The van der Waals surface area contributed by atoms with Gasteiger partial charge in [0, 0.05) is 22.2 Å². The van der Waals surface area contributed by atoms with E-state index in [1.165, 1.54) is 10.4 Å². The lowest BCUT2D eigenvalue weighted by Crippen LogP contribution is -2.23. The highest BCUT2D eigenvalue weighted by Crippen LogP contribution is 2.31. The van der Waals surface area contributed by atoms with Gasteiger partial charge in [-0.3, -0.25) is 0 Å². The molecule has 0 bridgehead atoms. The van der Waals surface area contributed by atoms with Gasteiger partial charge in [0.15, 0.2) is 0 Å². The fourth-order valence-corrected chi connectivity index (χ4v) is 2.83. The molecule has 2 rings (SSSR count). The van der Waals surface area contributed by atoms with Crippen LogP contribution in [0.3, 0.4) is 0 Å². The van der Waals surface area contributed by atoms with Crippen LogP contribution in [0.4, 0.5) is 0 Å². The number of aliphatic hydroxyl groups excluding tert-OH is 1. The van der Waals surface area contributed by atoms with E-state index in [-0.39, 0.29) is 6.04 Å². The molecule has 0 spiro atoms. The van der Waals surface area contributed by atoms with E-state index >= 15 is 0 Å². The molecule has 0 aliphatic carbocycles. The maximum Gasteiger partial charge on any atom is 0.103 e. The molecule has 0 radical (unpaired) electrons. The van der Waals surface area contributed by atoms with Crippen molar-refractivity contribution in [1.82, 2.24) is 0 Å². The number of nitrogens with two attached hydrogens (primary N) is 1. The number of hydrogen-bond acceptors (Lipinski definition) is 4. The van der Waals surface area contributed by atoms with E-state index < -0.39 is 6.10 Å². The van der Waals surface area contributed by atoms with Crippen molar-refractivity contribution in [3.8, 4) is 0 Å². The van der Waals surface area contributed by atoms with E-state index in [0.29, 0.717) is 6.61 Å². The summed E-state index contributed by atoms with van der Waals surface area (Å²) >= 11 is 1.66. The Labute approximate surface area is 87.5 Å². The highest BCUT2D eigenvalue weighted by Gasteiger charge is 2.19. The Kier molecular flexibility index (Phi) is 2.88. The van der Waals surface area contributed by atoms with E-state index in [9.17, 15) is 5.11 Å². The van der Waals surface area contributed by atoms with Crippen molar-refractivity contribution >= 4 is 11.3 Å². The van der Waals surface area contributed by atoms with Gasteiger partial charge in [0.25, 0.3) is 0 Å². The Balaban J connectivity index is 2.23. The largest absolute Gasteiger partial charge is 0.386 e. The quantitative estimate of drug-likeness (QED) is 0.776. The van der Waals surface area contributed by atoms with Crippen LogP contribution < -0.4 is 5.73 Å². The van der Waals surface area contributed by atoms with E-state index in [1.54, 1.807) is 11.3 Å². The molecule has 1 aromatic rings. The normalized spacial score (nSPS) is 20.2. The Morgan fingerprint density at radius 2 is 2.43 bits per heavy atom.